The van der Waals surface area contributed by atoms with E-state index in [1.54, 1.807) is 24.3 Å². The van der Waals surface area contributed by atoms with Crippen LogP contribution >= 0.6 is 11.6 Å². The Morgan fingerprint density at radius 3 is 2.74 bits per heavy atom. The number of aromatic nitrogens is 2. The quantitative estimate of drug-likeness (QED) is 0.381. The van der Waals surface area contributed by atoms with E-state index in [1.807, 2.05) is 47.9 Å². The number of halogens is 2. The molecule has 0 saturated carbocycles. The SMILES string of the molecule is C/C=C/C(=O)N1CCN(c2ncnc3c(F)c(-c4cc(O)cc5ccccc45)c(Cl)cc23)CC1C. The molecule has 8 heteroatoms. The Balaban J connectivity index is 1.60. The number of hydrogen-bond acceptors (Lipinski definition) is 5. The van der Waals surface area contributed by atoms with Crippen molar-refractivity contribution in [2.24, 2.45) is 0 Å². The van der Waals surface area contributed by atoms with E-state index in [2.05, 4.69) is 9.97 Å². The zero-order chi connectivity index (χ0) is 24.7. The molecule has 1 aromatic heterocycles. The summed E-state index contributed by atoms with van der Waals surface area (Å²) in [5.74, 6) is 0.0104. The maximum Gasteiger partial charge on any atom is 0.246 e. The Kier molecular flexibility index (Phi) is 6.03. The second kappa shape index (κ2) is 9.15. The molecule has 1 aliphatic rings. The number of benzene rings is 3. The highest BCUT2D eigenvalue weighted by Crippen LogP contribution is 2.41. The Morgan fingerprint density at radius 1 is 1.17 bits per heavy atom. The van der Waals surface area contributed by atoms with Gasteiger partial charge in [0.1, 0.15) is 23.4 Å². The molecule has 1 saturated heterocycles. The van der Waals surface area contributed by atoms with Gasteiger partial charge in [0.25, 0.3) is 0 Å². The molecule has 1 aliphatic heterocycles. The van der Waals surface area contributed by atoms with Crippen LogP contribution in [0, 0.1) is 5.82 Å². The van der Waals surface area contributed by atoms with Crippen LogP contribution in [0.3, 0.4) is 0 Å². The zero-order valence-corrected chi connectivity index (χ0v) is 20.1. The van der Waals surface area contributed by atoms with Crippen molar-refractivity contribution in [3.8, 4) is 16.9 Å². The lowest BCUT2D eigenvalue weighted by atomic mass is 9.96. The van der Waals surface area contributed by atoms with Crippen LogP contribution in [0.15, 0.2) is 60.9 Å². The number of allylic oxidation sites excluding steroid dienone is 1. The summed E-state index contributed by atoms with van der Waals surface area (Å²) in [5, 5.41) is 12.5. The van der Waals surface area contributed by atoms with Crippen molar-refractivity contribution < 1.29 is 14.3 Å². The fourth-order valence-electron chi connectivity index (χ4n) is 4.83. The maximum atomic E-state index is 16.0. The average Bonchev–Trinajstić information content (AvgIpc) is 2.83. The van der Waals surface area contributed by atoms with E-state index in [0.717, 1.165) is 10.8 Å². The number of phenols is 1. The second-order valence-corrected chi connectivity index (χ2v) is 9.09. The van der Waals surface area contributed by atoms with E-state index in [-0.39, 0.29) is 33.8 Å². The third-order valence-electron chi connectivity index (χ3n) is 6.44. The molecule has 1 amide bonds. The van der Waals surface area contributed by atoms with Crippen molar-refractivity contribution >= 4 is 45.0 Å². The van der Waals surface area contributed by atoms with E-state index in [0.29, 0.717) is 36.4 Å². The van der Waals surface area contributed by atoms with Crippen molar-refractivity contribution in [2.45, 2.75) is 19.9 Å². The summed E-state index contributed by atoms with van der Waals surface area (Å²) in [7, 11) is 0. The zero-order valence-electron chi connectivity index (χ0n) is 19.4. The number of piperazine rings is 1. The molecule has 3 aromatic carbocycles. The maximum absolute atomic E-state index is 16.0. The van der Waals surface area contributed by atoms with Gasteiger partial charge in [-0.15, -0.1) is 0 Å². The minimum atomic E-state index is -0.568. The Morgan fingerprint density at radius 2 is 1.97 bits per heavy atom. The lowest BCUT2D eigenvalue weighted by Crippen LogP contribution is -2.54. The molecule has 178 valence electrons. The van der Waals surface area contributed by atoms with Crippen LogP contribution in [0.2, 0.25) is 5.02 Å². The largest absolute Gasteiger partial charge is 0.508 e. The number of fused-ring (bicyclic) bond motifs is 2. The monoisotopic (exact) mass is 490 g/mol. The molecular weight excluding hydrogens is 467 g/mol. The molecule has 6 nitrogen and oxygen atoms in total. The first-order chi connectivity index (χ1) is 16.9. The van der Waals surface area contributed by atoms with Gasteiger partial charge in [0.15, 0.2) is 5.82 Å². The Hall–Kier alpha value is -3.71. The number of aromatic hydroxyl groups is 1. The molecule has 0 spiro atoms. The standard InChI is InChI=1S/C27H24ClFN4O2/c1-3-6-23(35)33-10-9-32(14-16(33)2)27-21-13-22(28)24(25(29)26(21)30-15-31-27)20-12-18(34)11-17-7-4-5-8-19(17)20/h3-8,11-13,15-16,34H,9-10,14H2,1-2H3/b6-3+. The van der Waals surface area contributed by atoms with Crippen molar-refractivity contribution in [1.29, 1.82) is 0 Å². The summed E-state index contributed by atoms with van der Waals surface area (Å²) < 4.78 is 16.0. The van der Waals surface area contributed by atoms with Crippen LogP contribution in [0.4, 0.5) is 10.2 Å². The van der Waals surface area contributed by atoms with Crippen LogP contribution in [-0.4, -0.2) is 51.6 Å². The highest BCUT2D eigenvalue weighted by molar-refractivity contribution is 6.35. The van der Waals surface area contributed by atoms with Gasteiger partial charge in [0.05, 0.1) is 5.02 Å². The summed E-state index contributed by atoms with van der Waals surface area (Å²) in [6.07, 6.45) is 4.65. The number of phenolic OH excluding ortho intramolecular Hbond substituents is 1. The molecule has 1 unspecified atom stereocenters. The van der Waals surface area contributed by atoms with Crippen molar-refractivity contribution in [1.82, 2.24) is 14.9 Å². The van der Waals surface area contributed by atoms with Crippen LogP contribution in [0.1, 0.15) is 13.8 Å². The summed E-state index contributed by atoms with van der Waals surface area (Å²) in [5.41, 5.74) is 0.836. The van der Waals surface area contributed by atoms with E-state index in [9.17, 15) is 9.90 Å². The fraction of sp³-hybridized carbons (Fsp3) is 0.222. The van der Waals surface area contributed by atoms with E-state index < -0.39 is 5.82 Å². The highest BCUT2D eigenvalue weighted by Gasteiger charge is 2.29. The second-order valence-electron chi connectivity index (χ2n) is 8.68. The predicted molar refractivity (Wildman–Crippen MR) is 137 cm³/mol. The first-order valence-electron chi connectivity index (χ1n) is 11.4. The minimum absolute atomic E-state index is 0.0238. The molecule has 0 radical (unpaired) electrons. The number of anilines is 1. The van der Waals surface area contributed by atoms with Gasteiger partial charge in [-0.25, -0.2) is 14.4 Å². The normalized spacial score (nSPS) is 16.5. The van der Waals surface area contributed by atoms with Gasteiger partial charge in [0, 0.05) is 36.6 Å². The number of rotatable bonds is 3. The Bertz CT molecular complexity index is 1490. The van der Waals surface area contributed by atoms with Gasteiger partial charge in [0.2, 0.25) is 5.91 Å². The van der Waals surface area contributed by atoms with Gasteiger partial charge >= 0.3 is 0 Å². The number of hydrogen-bond donors (Lipinski definition) is 1. The van der Waals surface area contributed by atoms with Crippen LogP contribution in [0.25, 0.3) is 32.8 Å². The molecule has 0 aliphatic carbocycles. The molecule has 0 bridgehead atoms. The summed E-state index contributed by atoms with van der Waals surface area (Å²) >= 11 is 6.68. The number of carbonyl (C=O) groups is 1. The van der Waals surface area contributed by atoms with Gasteiger partial charge in [-0.2, -0.15) is 0 Å². The lowest BCUT2D eigenvalue weighted by Gasteiger charge is -2.40. The highest BCUT2D eigenvalue weighted by atomic mass is 35.5. The first kappa shape index (κ1) is 23.1. The molecule has 5 rings (SSSR count). The topological polar surface area (TPSA) is 69.6 Å². The van der Waals surface area contributed by atoms with Crippen molar-refractivity contribution in [3.63, 3.8) is 0 Å². The molecule has 2 heterocycles. The van der Waals surface area contributed by atoms with Gasteiger partial charge in [-0.05, 0) is 54.5 Å². The molecule has 1 fully saturated rings. The third-order valence-corrected chi connectivity index (χ3v) is 6.73. The van der Waals surface area contributed by atoms with E-state index >= 15 is 4.39 Å². The van der Waals surface area contributed by atoms with Gasteiger partial charge < -0.3 is 14.9 Å². The number of amides is 1. The van der Waals surface area contributed by atoms with E-state index in [1.165, 1.54) is 12.4 Å². The lowest BCUT2D eigenvalue weighted by molar-refractivity contribution is -0.128. The summed E-state index contributed by atoms with van der Waals surface area (Å²) in [4.78, 5) is 24.9. The third kappa shape index (κ3) is 4.06. The number of nitrogens with zero attached hydrogens (tertiary/aromatic N) is 4. The molecule has 1 N–H and O–H groups in total. The molecule has 35 heavy (non-hydrogen) atoms. The van der Waals surface area contributed by atoms with E-state index in [4.69, 9.17) is 11.6 Å². The van der Waals surface area contributed by atoms with Crippen LogP contribution in [0.5, 0.6) is 5.75 Å². The molecule has 1 atom stereocenters. The van der Waals surface area contributed by atoms with Crippen LogP contribution in [-0.2, 0) is 4.79 Å². The van der Waals surface area contributed by atoms with Crippen molar-refractivity contribution in [3.05, 3.63) is 71.8 Å². The molecule has 4 aromatic rings. The average molecular weight is 491 g/mol. The van der Waals surface area contributed by atoms with Gasteiger partial charge in [-0.3, -0.25) is 4.79 Å². The predicted octanol–water partition coefficient (Wildman–Crippen LogP) is 5.56. The molecular formula is C27H24ClFN4O2. The first-order valence-corrected chi connectivity index (χ1v) is 11.8. The van der Waals surface area contributed by atoms with Gasteiger partial charge in [-0.1, -0.05) is 41.9 Å². The van der Waals surface area contributed by atoms with Crippen molar-refractivity contribution in [2.75, 3.05) is 24.5 Å². The summed E-state index contributed by atoms with van der Waals surface area (Å²) in [6.45, 7) is 5.43. The fourth-order valence-corrected chi connectivity index (χ4v) is 5.13. The number of carbonyl (C=O) groups excluding carboxylic acids is 1. The van der Waals surface area contributed by atoms with Crippen LogP contribution < -0.4 is 4.90 Å². The Labute approximate surface area is 207 Å². The minimum Gasteiger partial charge on any atom is -0.508 e. The smallest absolute Gasteiger partial charge is 0.246 e. The summed E-state index contributed by atoms with van der Waals surface area (Å²) in [6, 6.07) is 12.2.